The number of carbonyl (C=O) groups is 1. The van der Waals surface area contributed by atoms with E-state index in [1.54, 1.807) is 33.5 Å². The van der Waals surface area contributed by atoms with Crippen LogP contribution in [0.25, 0.3) is 237 Å². The molecule has 0 unspecified atom stereocenters. The second-order valence-electron chi connectivity index (χ2n) is 30.7. The van der Waals surface area contributed by atoms with Gasteiger partial charge in [-0.05, 0) is 182 Å². The standard InChI is InChI=1S/C77H29NO11/c1-72(2,3)86-88-74-59-49-39-29-21-16-15-17-19-18(16)27-31(29)41-42-32(27)33-28(19)34-30-22(17)26-24-20(15)23-25(21)37(39)47-45-35(23)36(24)46-48-38(26)40(30)50-54-44(34)43(33)53-52(42)62(61(74)51(41)49)75(89-87-73(4,5)6)63(53)64(54)76(60(50)58(48)68(80)56(46)55(45)67(79)57(47)59)77(85-76)70(75)65(74)66(71(77)81)78-12-10-13(82-7)69(84-9)14(11-12)83-8/h10-11H,1-9H3/t74-,75-,76+,77+/m1/s1. The zero-order valence-corrected chi connectivity index (χ0v) is 48.1. The maximum atomic E-state index is 18.2. The second-order valence-corrected chi connectivity index (χ2v) is 30.7. The van der Waals surface area contributed by atoms with Crippen LogP contribution in [0.15, 0.2) is 37.9 Å². The van der Waals surface area contributed by atoms with Gasteiger partial charge in [0.15, 0.2) is 44.8 Å². The molecule has 0 amide bonds. The fourth-order valence-corrected chi connectivity index (χ4v) is 24.9. The maximum Gasteiger partial charge on any atom is 0.221 e. The summed E-state index contributed by atoms with van der Waals surface area (Å²) in [6.07, 6.45) is 0. The maximum absolute atomic E-state index is 18.2. The van der Waals surface area contributed by atoms with Gasteiger partial charge in [-0.3, -0.25) is 14.4 Å². The zero-order valence-electron chi connectivity index (χ0n) is 48.1. The number of fused-ring (bicyclic) bond motifs is 5. The van der Waals surface area contributed by atoms with Crippen molar-refractivity contribution in [1.82, 2.24) is 0 Å². The van der Waals surface area contributed by atoms with Crippen LogP contribution in [-0.4, -0.2) is 49.6 Å². The Bertz CT molecular complexity index is 7990. The van der Waals surface area contributed by atoms with Crippen LogP contribution in [0.4, 0.5) is 5.69 Å². The van der Waals surface area contributed by atoms with Gasteiger partial charge in [0.1, 0.15) is 5.71 Å². The fraction of sp³-hybridized carbons (Fsp3) is 0.195. The monoisotopic (exact) mass is 1140 g/mol. The lowest BCUT2D eigenvalue weighted by atomic mass is 9.58. The minimum Gasteiger partial charge on any atom is -0.493 e. The molecule has 1 fully saturated rings. The SMILES string of the molecule is COc1cc(N=C2C(=O)[C@]34O[C@@]35c3c6c7c8c9c%10c%11c%12c(c%13c(=O)c%14c%15c(=O)c%16c5c5c3c3c7c7c%17c8c%11c8c%11c%12c%12c%13c%14c%13c%14c%15c%16c%15c5c5c3c7c3c(c%178)c7c%11c%12c%13c8c%14c%15c5c3c87)[C@]%10(OOC(C)(C)C)C2=C4[C@@]96OOC(C)(C)C)cc(OC)c1OC. The summed E-state index contributed by atoms with van der Waals surface area (Å²) in [4.78, 5) is 89.6. The van der Waals surface area contributed by atoms with Crippen molar-refractivity contribution >= 4 is 254 Å². The first-order valence-corrected chi connectivity index (χ1v) is 31.1. The Labute approximate surface area is 490 Å². The number of aliphatic imine (C=N–C) groups is 1. The van der Waals surface area contributed by atoms with E-state index in [9.17, 15) is 0 Å². The average molecular weight is 1140 g/mol. The van der Waals surface area contributed by atoms with Crippen molar-refractivity contribution in [1.29, 1.82) is 0 Å². The molecule has 0 bridgehead atoms. The molecular weight excluding hydrogens is 1110 g/mol. The van der Waals surface area contributed by atoms with Crippen molar-refractivity contribution in [3.05, 3.63) is 77.1 Å². The van der Waals surface area contributed by atoms with Gasteiger partial charge in [-0.2, -0.15) is 0 Å². The van der Waals surface area contributed by atoms with Gasteiger partial charge >= 0.3 is 0 Å². The van der Waals surface area contributed by atoms with Crippen molar-refractivity contribution in [2.75, 3.05) is 21.3 Å². The summed E-state index contributed by atoms with van der Waals surface area (Å²) < 4.78 is 26.3. The van der Waals surface area contributed by atoms with Gasteiger partial charge in [-0.25, -0.2) is 24.5 Å². The number of hydrogen-bond acceptors (Lipinski definition) is 12. The lowest BCUT2D eigenvalue weighted by Gasteiger charge is -2.48. The summed E-state index contributed by atoms with van der Waals surface area (Å²) in [5.41, 5.74) is -3.54. The van der Waals surface area contributed by atoms with Gasteiger partial charge in [0.05, 0.1) is 38.2 Å². The highest BCUT2D eigenvalue weighted by Crippen LogP contribution is 2.88. The summed E-state index contributed by atoms with van der Waals surface area (Å²) in [5, 5.41) is 48.4. The van der Waals surface area contributed by atoms with Crippen LogP contribution in [0.1, 0.15) is 74.9 Å². The number of methoxy groups -OCH3 is 3. The van der Waals surface area contributed by atoms with Crippen molar-refractivity contribution in [2.24, 2.45) is 4.99 Å². The predicted octanol–water partition coefficient (Wildman–Crippen LogP) is 16.0. The Morgan fingerprint density at radius 3 is 1.06 bits per heavy atom. The van der Waals surface area contributed by atoms with Crippen molar-refractivity contribution in [3.63, 3.8) is 0 Å². The van der Waals surface area contributed by atoms with Crippen LogP contribution in [0, 0.1) is 0 Å². The van der Waals surface area contributed by atoms with E-state index in [0.29, 0.717) is 66.8 Å². The van der Waals surface area contributed by atoms with E-state index < -0.39 is 39.4 Å². The van der Waals surface area contributed by atoms with Gasteiger partial charge in [0, 0.05) is 154 Å². The molecular formula is C77H29NO11. The van der Waals surface area contributed by atoms with E-state index in [-0.39, 0.29) is 16.6 Å². The fourth-order valence-electron chi connectivity index (χ4n) is 24.9. The number of nitrogens with zero attached hydrogens (tertiary/aromatic N) is 1. The molecule has 408 valence electrons. The summed E-state index contributed by atoms with van der Waals surface area (Å²) in [5.74, 6) is 0.633. The van der Waals surface area contributed by atoms with Crippen molar-refractivity contribution in [3.8, 4) is 17.2 Å². The number of Topliss-reactive ketones (excluding diaryl/α,β-unsaturated/α-hetero) is 1. The quantitative estimate of drug-likeness (QED) is 0.0621. The topological polar surface area (TPSA) is 141 Å². The van der Waals surface area contributed by atoms with Crippen molar-refractivity contribution in [2.45, 2.75) is 75.1 Å². The number of benzene rings is 16. The van der Waals surface area contributed by atoms with E-state index in [1.807, 2.05) is 41.5 Å². The molecule has 2 spiro atoms. The largest absolute Gasteiger partial charge is 0.493 e. The summed E-state index contributed by atoms with van der Waals surface area (Å²) in [7, 11) is 4.70. The van der Waals surface area contributed by atoms with E-state index >= 15 is 14.4 Å². The molecule has 24 aromatic rings. The molecule has 1 saturated heterocycles. The third-order valence-corrected chi connectivity index (χ3v) is 26.1. The summed E-state index contributed by atoms with van der Waals surface area (Å²) in [6.45, 7) is 11.9. The van der Waals surface area contributed by atoms with E-state index in [2.05, 4.69) is 0 Å². The normalized spacial score (nSPS) is 24.9. The molecule has 1 heterocycles. The van der Waals surface area contributed by atoms with Crippen LogP contribution in [-0.2, 0) is 45.9 Å². The van der Waals surface area contributed by atoms with Crippen LogP contribution >= 0.6 is 0 Å². The summed E-state index contributed by atoms with van der Waals surface area (Å²) in [6, 6.07) is 3.52. The van der Waals surface area contributed by atoms with E-state index in [1.165, 1.54) is 124 Å². The molecule has 89 heavy (non-hydrogen) atoms. The molecule has 31 rings (SSSR count). The van der Waals surface area contributed by atoms with Gasteiger partial charge in [-0.15, -0.1) is 0 Å². The minimum atomic E-state index is -1.95. The third kappa shape index (κ3) is 2.70. The first-order chi connectivity index (χ1) is 43.1. The Morgan fingerprint density at radius 2 is 0.663 bits per heavy atom. The lowest BCUT2D eigenvalue weighted by Crippen LogP contribution is -2.52. The highest BCUT2D eigenvalue weighted by atomic mass is 17.2. The van der Waals surface area contributed by atoms with E-state index in [4.69, 9.17) is 43.5 Å². The molecule has 4 atom stereocenters. The molecule has 0 radical (unpaired) electrons. The lowest BCUT2D eigenvalue weighted by molar-refractivity contribution is -0.400. The van der Waals surface area contributed by atoms with Crippen LogP contribution in [0.2, 0.25) is 0 Å². The number of ketones is 1. The van der Waals surface area contributed by atoms with Gasteiger partial charge in [-0.1, -0.05) is 0 Å². The molecule has 0 aromatic heterocycles. The van der Waals surface area contributed by atoms with E-state index in [0.717, 1.165) is 114 Å². The van der Waals surface area contributed by atoms with Gasteiger partial charge in [0.25, 0.3) is 0 Å². The Kier molecular flexibility index (Phi) is 4.54. The predicted molar refractivity (Wildman–Crippen MR) is 345 cm³/mol. The summed E-state index contributed by atoms with van der Waals surface area (Å²) >= 11 is 0. The van der Waals surface area contributed by atoms with Crippen LogP contribution in [0.5, 0.6) is 17.2 Å². The number of epoxide rings is 1. The number of rotatable bonds is 8. The molecule has 0 saturated carbocycles. The number of carbonyl (C=O) groups excluding carboxylic acids is 1. The van der Waals surface area contributed by atoms with Gasteiger partial charge < -0.3 is 18.9 Å². The molecule has 6 aliphatic carbocycles. The Hall–Kier alpha value is -9.66. The first kappa shape index (κ1) is 40.7. The van der Waals surface area contributed by atoms with Crippen LogP contribution in [0.3, 0.4) is 0 Å². The molecule has 12 heteroatoms. The highest BCUT2D eigenvalue weighted by molar-refractivity contribution is 6.78. The third-order valence-electron chi connectivity index (χ3n) is 26.1. The smallest absolute Gasteiger partial charge is 0.221 e. The molecule has 24 aromatic carbocycles. The van der Waals surface area contributed by atoms with Crippen molar-refractivity contribution < 1.29 is 43.3 Å². The average Bonchev–Trinajstić information content (AvgIpc) is 1.38. The minimum absolute atomic E-state index is 0.0508. The molecule has 0 N–H and O–H groups in total. The molecule has 7 aliphatic rings. The second kappa shape index (κ2) is 9.92. The zero-order chi connectivity index (χ0) is 57.4. The molecule has 1 aliphatic heterocycles. The Balaban J connectivity index is 1.03. The number of ether oxygens (including phenoxy) is 4. The number of hydrogen-bond donors (Lipinski definition) is 0. The Morgan fingerprint density at radius 1 is 0.348 bits per heavy atom. The molecule has 12 nitrogen and oxygen atoms in total. The van der Waals surface area contributed by atoms with Crippen LogP contribution < -0.4 is 25.1 Å². The highest BCUT2D eigenvalue weighted by Gasteiger charge is 2.92. The first-order valence-electron chi connectivity index (χ1n) is 31.1. The van der Waals surface area contributed by atoms with Gasteiger partial charge in [0.2, 0.25) is 11.5 Å².